The van der Waals surface area contributed by atoms with Crippen LogP contribution in [0.15, 0.2) is 110 Å². The molecule has 10 nitrogen and oxygen atoms in total. The van der Waals surface area contributed by atoms with Crippen molar-refractivity contribution < 1.29 is 28.3 Å². The molecule has 0 radical (unpaired) electrons. The molecule has 6 aromatic rings. The number of carbonyl (C=O) groups excluding carboxylic acids is 4. The fourth-order valence-corrected chi connectivity index (χ4v) is 8.43. The lowest BCUT2D eigenvalue weighted by molar-refractivity contribution is -0.696. The van der Waals surface area contributed by atoms with Gasteiger partial charge in [0, 0.05) is 81.8 Å². The lowest BCUT2D eigenvalue weighted by Crippen LogP contribution is -2.49. The highest BCUT2D eigenvalue weighted by atomic mass is 16.2. The summed E-state index contributed by atoms with van der Waals surface area (Å²) in [5.74, 6) is -1.11. The van der Waals surface area contributed by atoms with E-state index in [1.807, 2.05) is 119 Å². The van der Waals surface area contributed by atoms with E-state index in [0.29, 0.717) is 65.9 Å². The molecule has 2 bridgehead atoms. The first-order valence-corrected chi connectivity index (χ1v) is 17.2. The highest BCUT2D eigenvalue weighted by Gasteiger charge is 2.40. The summed E-state index contributed by atoms with van der Waals surface area (Å²) < 4.78 is 3.93. The smallest absolute Gasteiger partial charge is 0.261 e. The van der Waals surface area contributed by atoms with Crippen molar-refractivity contribution in [2.45, 2.75) is 26.2 Å². The van der Waals surface area contributed by atoms with Gasteiger partial charge in [-0.05, 0) is 35.0 Å². The number of hydrogen-bond acceptors (Lipinski definition) is 6. The average molecular weight is 673 g/mol. The van der Waals surface area contributed by atoms with Gasteiger partial charge in [-0.15, -0.1) is 0 Å². The molecule has 0 fully saturated rings. The summed E-state index contributed by atoms with van der Waals surface area (Å²) >= 11 is 0. The Balaban J connectivity index is 1.04. The Labute approximate surface area is 293 Å². The van der Waals surface area contributed by atoms with Gasteiger partial charge in [0.05, 0.1) is 30.9 Å². The number of imide groups is 2. The van der Waals surface area contributed by atoms with E-state index >= 15 is 0 Å². The summed E-state index contributed by atoms with van der Waals surface area (Å²) in [7, 11) is 0. The van der Waals surface area contributed by atoms with E-state index in [1.54, 1.807) is 0 Å². The second kappa shape index (κ2) is 11.0. The van der Waals surface area contributed by atoms with E-state index < -0.39 is 0 Å². The van der Waals surface area contributed by atoms with Gasteiger partial charge >= 0.3 is 0 Å². The molecule has 4 amide bonds. The van der Waals surface area contributed by atoms with Crippen LogP contribution in [0, 0.1) is 0 Å². The number of benzene rings is 4. The Bertz CT molecular complexity index is 2340. The molecule has 4 aromatic carbocycles. The van der Waals surface area contributed by atoms with Crippen molar-refractivity contribution in [3.05, 3.63) is 143 Å². The first-order chi connectivity index (χ1) is 25.0. The summed E-state index contributed by atoms with van der Waals surface area (Å²) in [6, 6.07) is 27.0. The highest BCUT2D eigenvalue weighted by molar-refractivity contribution is 6.28. The predicted molar refractivity (Wildman–Crippen MR) is 189 cm³/mol. The lowest BCUT2D eigenvalue weighted by Gasteiger charge is -2.46. The molecular formula is C41H32N6O4+2. The highest BCUT2D eigenvalue weighted by Crippen LogP contribution is 2.47. The molecule has 0 spiro atoms. The van der Waals surface area contributed by atoms with Crippen LogP contribution >= 0.6 is 0 Å². The molecule has 0 atom stereocenters. The summed E-state index contributed by atoms with van der Waals surface area (Å²) in [4.78, 5) is 63.1. The molecule has 4 aliphatic heterocycles. The van der Waals surface area contributed by atoms with Crippen LogP contribution in [0.2, 0.25) is 0 Å². The van der Waals surface area contributed by atoms with Crippen molar-refractivity contribution in [2.75, 3.05) is 29.6 Å². The molecule has 4 aliphatic rings. The maximum absolute atomic E-state index is 14.1. The third-order valence-corrected chi connectivity index (χ3v) is 10.8. The number of anilines is 2. The van der Waals surface area contributed by atoms with Gasteiger partial charge in [0.25, 0.3) is 23.6 Å². The van der Waals surface area contributed by atoms with E-state index in [-0.39, 0.29) is 36.7 Å². The van der Waals surface area contributed by atoms with E-state index in [1.165, 1.54) is 9.80 Å². The maximum Gasteiger partial charge on any atom is 0.261 e. The van der Waals surface area contributed by atoms with Crippen LogP contribution in [-0.2, 0) is 26.2 Å². The molecule has 10 heteroatoms. The minimum atomic E-state index is -0.281. The zero-order valence-electron chi connectivity index (χ0n) is 27.7. The number of nitrogens with zero attached hydrogens (tertiary/aromatic N) is 6. The van der Waals surface area contributed by atoms with Crippen LogP contribution in [-0.4, -0.2) is 53.2 Å². The Hall–Kier alpha value is -6.42. The fourth-order valence-electron chi connectivity index (χ4n) is 8.43. The van der Waals surface area contributed by atoms with Crippen LogP contribution in [0.1, 0.15) is 52.6 Å². The van der Waals surface area contributed by atoms with Crippen LogP contribution < -0.4 is 18.9 Å². The van der Waals surface area contributed by atoms with Crippen molar-refractivity contribution in [3.63, 3.8) is 0 Å². The number of rotatable bonds is 6. The summed E-state index contributed by atoms with van der Waals surface area (Å²) in [6.07, 6.45) is 7.70. The predicted octanol–water partition coefficient (Wildman–Crippen LogP) is 4.46. The molecular weight excluding hydrogens is 640 g/mol. The average Bonchev–Trinajstić information content (AvgIpc) is 3.17. The normalized spacial score (nSPS) is 15.9. The molecule has 0 saturated carbocycles. The van der Waals surface area contributed by atoms with Crippen LogP contribution in [0.5, 0.6) is 0 Å². The molecule has 248 valence electrons. The number of amides is 4. The monoisotopic (exact) mass is 672 g/mol. The van der Waals surface area contributed by atoms with E-state index in [9.17, 15) is 19.2 Å². The first-order valence-electron chi connectivity index (χ1n) is 17.2. The van der Waals surface area contributed by atoms with Gasteiger partial charge in [-0.3, -0.25) is 29.0 Å². The largest absolute Gasteiger partial charge is 0.349 e. The van der Waals surface area contributed by atoms with Crippen LogP contribution in [0.3, 0.4) is 0 Å². The first kappa shape index (κ1) is 29.5. The van der Waals surface area contributed by atoms with Gasteiger partial charge in [0.2, 0.25) is 0 Å². The quantitative estimate of drug-likeness (QED) is 0.192. The number of carbonyl (C=O) groups is 4. The molecule has 0 unspecified atom stereocenters. The molecule has 0 N–H and O–H groups in total. The maximum atomic E-state index is 14.1. The van der Waals surface area contributed by atoms with E-state index in [4.69, 9.17) is 0 Å². The van der Waals surface area contributed by atoms with Crippen molar-refractivity contribution >= 4 is 56.5 Å². The van der Waals surface area contributed by atoms with Crippen molar-refractivity contribution in [1.29, 1.82) is 0 Å². The topological polar surface area (TPSA) is 89.0 Å². The summed E-state index contributed by atoms with van der Waals surface area (Å²) in [6.45, 7) is 3.19. The molecule has 51 heavy (non-hydrogen) atoms. The van der Waals surface area contributed by atoms with Crippen molar-refractivity contribution in [3.8, 4) is 0 Å². The van der Waals surface area contributed by atoms with Gasteiger partial charge in [0.1, 0.15) is 0 Å². The standard InChI is InChI=1S/C41H32N6O4/c48-38-28-11-7-9-26-32-23-45-25-44(34(32)21-30(36(26)28)40(50)46(38)19-17-42-13-3-1-4-14-42)24-33-27-10-8-12-29-37(27)31(22-35(33)45)41(51)47(39(29)49)20-18-43-15-5-2-6-16-43/h1-16,21-22H,17-20,23-25H2/q+2. The Morgan fingerprint density at radius 2 is 0.902 bits per heavy atom. The van der Waals surface area contributed by atoms with Crippen LogP contribution in [0.25, 0.3) is 21.5 Å². The Kier molecular flexibility index (Phi) is 6.39. The molecule has 2 aromatic heterocycles. The molecule has 0 saturated heterocycles. The second-order valence-corrected chi connectivity index (χ2v) is 13.6. The second-order valence-electron chi connectivity index (χ2n) is 13.6. The number of aromatic nitrogens is 2. The summed E-state index contributed by atoms with van der Waals surface area (Å²) in [5, 5.41) is 3.20. The van der Waals surface area contributed by atoms with Crippen molar-refractivity contribution in [1.82, 2.24) is 9.80 Å². The zero-order valence-corrected chi connectivity index (χ0v) is 27.7. The molecule has 0 aliphatic carbocycles. The Morgan fingerprint density at radius 3 is 1.33 bits per heavy atom. The van der Waals surface area contributed by atoms with Gasteiger partial charge in [-0.2, -0.15) is 0 Å². The number of fused-ring (bicyclic) bond motifs is 8. The third-order valence-electron chi connectivity index (χ3n) is 10.8. The molecule has 6 heterocycles. The minimum absolute atomic E-state index is 0.265. The van der Waals surface area contributed by atoms with Gasteiger partial charge < -0.3 is 9.80 Å². The van der Waals surface area contributed by atoms with E-state index in [0.717, 1.165) is 33.3 Å². The number of pyridine rings is 2. The zero-order chi connectivity index (χ0) is 34.4. The SMILES string of the molecule is O=C1c2cccc3c4c(cc(c23)C(=O)N1CC[n+]1ccccc1)N1Cc2c(cc3c5c(cccc25)C(=O)N(CC[n+]2ccccc2)C3=O)N(C4)C1. The van der Waals surface area contributed by atoms with Gasteiger partial charge in [0.15, 0.2) is 37.9 Å². The van der Waals surface area contributed by atoms with Gasteiger partial charge in [-0.1, -0.05) is 36.4 Å². The Morgan fingerprint density at radius 1 is 0.490 bits per heavy atom. The minimum Gasteiger partial charge on any atom is -0.349 e. The fraction of sp³-hybridized carbons (Fsp3) is 0.171. The summed E-state index contributed by atoms with van der Waals surface area (Å²) in [5.41, 5.74) is 6.19. The van der Waals surface area contributed by atoms with Crippen molar-refractivity contribution in [2.24, 2.45) is 0 Å². The lowest BCUT2D eigenvalue weighted by atomic mass is 9.86. The number of hydrogen-bond donors (Lipinski definition) is 0. The third kappa shape index (κ3) is 4.35. The van der Waals surface area contributed by atoms with Gasteiger partial charge in [-0.25, -0.2) is 9.13 Å². The van der Waals surface area contributed by atoms with Crippen LogP contribution in [0.4, 0.5) is 11.4 Å². The van der Waals surface area contributed by atoms with E-state index in [2.05, 4.69) is 9.80 Å². The molecule has 10 rings (SSSR count).